The summed E-state index contributed by atoms with van der Waals surface area (Å²) in [6, 6.07) is 35.9. The van der Waals surface area contributed by atoms with Gasteiger partial charge in [-0.25, -0.2) is 9.59 Å². The highest BCUT2D eigenvalue weighted by atomic mass is 35.5. The van der Waals surface area contributed by atoms with Crippen molar-refractivity contribution >= 4 is 126 Å². The SMILES string of the molecule is Cc1[nH]nc2c1-c1c(Cl)ccc3c(c(C(=O)O)n(C)c13)CCCOc1cc(cc3ccc(CC(C)n4nc5cc4CSc4cc(c6ccccc6c4)OCCCc4c(C(=O)O)n(C)c6c(c(Cl)ccc46)-c4c(n[nH]c4C)CSC5)cc13)SCc1cc(nn1C(C)C)CSC2. The third-order valence-corrected chi connectivity index (χ3v) is 22.7. The largest absolute Gasteiger partial charge is 0.493 e. The average molecular weight is 1370 g/mol. The molecule has 12 aromatic rings. The van der Waals surface area contributed by atoms with E-state index in [0.29, 0.717) is 89.9 Å². The molecule has 6 aromatic heterocycles. The van der Waals surface area contributed by atoms with Crippen molar-refractivity contribution < 1.29 is 29.3 Å². The molecule has 0 spiro atoms. The highest BCUT2D eigenvalue weighted by Crippen LogP contribution is 2.46. The molecule has 1 unspecified atom stereocenters. The Morgan fingerprint density at radius 1 is 0.574 bits per heavy atom. The van der Waals surface area contributed by atoms with E-state index in [1.54, 1.807) is 56.2 Å². The van der Waals surface area contributed by atoms with Crippen LogP contribution >= 0.6 is 70.2 Å². The van der Waals surface area contributed by atoms with Crippen molar-refractivity contribution in [1.29, 1.82) is 0 Å². The molecule has 8 heterocycles. The van der Waals surface area contributed by atoms with Gasteiger partial charge in [0, 0.05) is 131 Å². The van der Waals surface area contributed by atoms with Gasteiger partial charge >= 0.3 is 11.9 Å². The Morgan fingerprint density at radius 2 is 1.07 bits per heavy atom. The zero-order valence-electron chi connectivity index (χ0n) is 53.2. The van der Waals surface area contributed by atoms with Gasteiger partial charge in [0.1, 0.15) is 22.9 Å². The highest BCUT2D eigenvalue weighted by Gasteiger charge is 2.30. The van der Waals surface area contributed by atoms with E-state index in [2.05, 4.69) is 107 Å². The van der Waals surface area contributed by atoms with Crippen molar-refractivity contribution in [3.63, 3.8) is 0 Å². The Kier molecular flexibility index (Phi) is 17.9. The summed E-state index contributed by atoms with van der Waals surface area (Å²) < 4.78 is 21.5. The molecule has 1 atom stereocenters. The lowest BCUT2D eigenvalue weighted by molar-refractivity contribution is 0.0675. The van der Waals surface area contributed by atoms with Gasteiger partial charge in [-0.05, 0) is 149 Å². The molecule has 2 aliphatic heterocycles. The number of carbonyl (C=O) groups is 2. The fourth-order valence-corrected chi connectivity index (χ4v) is 18.0. The van der Waals surface area contributed by atoms with E-state index in [1.807, 2.05) is 64.3 Å². The third-order valence-electron chi connectivity index (χ3n) is 18.1. The quantitative estimate of drug-likeness (QED) is 0.123. The van der Waals surface area contributed by atoms with Crippen LogP contribution in [-0.4, -0.2) is 84.5 Å². The third kappa shape index (κ3) is 12.0. The topological polar surface area (TPSA) is 196 Å². The van der Waals surface area contributed by atoms with Crippen molar-refractivity contribution in [3.05, 3.63) is 187 Å². The molecule has 16 nitrogen and oxygen atoms in total. The predicted octanol–water partition coefficient (Wildman–Crippen LogP) is 18.0. The zero-order chi connectivity index (χ0) is 65.2. The van der Waals surface area contributed by atoms with Crippen LogP contribution < -0.4 is 9.47 Å². The number of rotatable bonds is 6. The average Bonchev–Trinajstić information content (AvgIpc) is 1.58. The molecular weight excluding hydrogens is 1300 g/mol. The second-order valence-corrected chi connectivity index (χ2v) is 29.6. The molecule has 0 saturated carbocycles. The Hall–Kier alpha value is -7.72. The van der Waals surface area contributed by atoms with E-state index < -0.39 is 11.9 Å². The molecule has 6 aromatic carbocycles. The lowest BCUT2D eigenvalue weighted by Crippen LogP contribution is -2.13. The Labute approximate surface area is 570 Å². The molecule has 94 heavy (non-hydrogen) atoms. The molecule has 0 radical (unpaired) electrons. The molecule has 4 N–H and O–H groups in total. The number of aromatic amines is 2. The van der Waals surface area contributed by atoms with E-state index >= 15 is 0 Å². The molecular formula is C72H70Cl2N10O6S4. The number of hydrogen-bond donors (Lipinski definition) is 4. The van der Waals surface area contributed by atoms with Crippen LogP contribution in [0.2, 0.25) is 10.0 Å². The first-order chi connectivity index (χ1) is 45.5. The maximum Gasteiger partial charge on any atom is 0.352 e. The number of thioether (sulfide) groups is 4. The first kappa shape index (κ1) is 63.7. The number of benzene rings is 6. The zero-order valence-corrected chi connectivity index (χ0v) is 57.9. The van der Waals surface area contributed by atoms with E-state index in [4.69, 9.17) is 53.1 Å². The number of halogens is 2. The monoisotopic (exact) mass is 1370 g/mol. The van der Waals surface area contributed by atoms with Gasteiger partial charge in [-0.15, -0.1) is 47.0 Å². The van der Waals surface area contributed by atoms with Crippen LogP contribution in [0, 0.1) is 13.8 Å². The van der Waals surface area contributed by atoms with E-state index in [-0.39, 0.29) is 23.5 Å². The molecule has 22 heteroatoms. The molecule has 14 rings (SSSR count). The second-order valence-electron chi connectivity index (χ2n) is 24.7. The lowest BCUT2D eigenvalue weighted by atomic mass is 9.98. The number of fused-ring (bicyclic) bond motifs is 16. The van der Waals surface area contributed by atoms with Gasteiger partial charge in [-0.2, -0.15) is 20.4 Å². The summed E-state index contributed by atoms with van der Waals surface area (Å²) in [5.74, 6) is 3.35. The predicted molar refractivity (Wildman–Crippen MR) is 382 cm³/mol. The van der Waals surface area contributed by atoms with Gasteiger partial charge in [0.25, 0.3) is 0 Å². The fourth-order valence-electron chi connectivity index (χ4n) is 14.0. The van der Waals surface area contributed by atoms with E-state index in [1.165, 1.54) is 0 Å². The van der Waals surface area contributed by atoms with E-state index in [0.717, 1.165) is 149 Å². The number of nitrogens with one attached hydrogen (secondary N) is 2. The summed E-state index contributed by atoms with van der Waals surface area (Å²) in [5.41, 5.74) is 15.4. The summed E-state index contributed by atoms with van der Waals surface area (Å²) in [5, 5.41) is 55.0. The number of nitrogens with zero attached hydrogens (tertiary/aromatic N) is 8. The number of aryl methyl sites for hydroxylation is 6. The minimum atomic E-state index is -1.00. The van der Waals surface area contributed by atoms with Gasteiger partial charge in [0.2, 0.25) is 0 Å². The van der Waals surface area contributed by atoms with Crippen molar-refractivity contribution in [2.24, 2.45) is 14.1 Å². The van der Waals surface area contributed by atoms with Crippen LogP contribution in [0.3, 0.4) is 0 Å². The van der Waals surface area contributed by atoms with Crippen LogP contribution in [0.1, 0.15) is 129 Å². The minimum Gasteiger partial charge on any atom is -0.493 e. The van der Waals surface area contributed by atoms with Crippen LogP contribution in [0.5, 0.6) is 11.5 Å². The highest BCUT2D eigenvalue weighted by molar-refractivity contribution is 7.99. The smallest absolute Gasteiger partial charge is 0.352 e. The van der Waals surface area contributed by atoms with Crippen molar-refractivity contribution in [1.82, 2.24) is 49.1 Å². The maximum absolute atomic E-state index is 13.3. The Morgan fingerprint density at radius 3 is 1.61 bits per heavy atom. The number of hydrogen-bond acceptors (Lipinski definition) is 12. The number of carboxylic acid groups (broad SMARTS) is 2. The molecule has 16 bridgehead atoms. The van der Waals surface area contributed by atoms with Crippen LogP contribution in [0.4, 0.5) is 0 Å². The van der Waals surface area contributed by atoms with E-state index in [9.17, 15) is 19.8 Å². The molecule has 482 valence electrons. The number of ether oxygens (including phenoxy) is 2. The maximum atomic E-state index is 13.3. The first-order valence-electron chi connectivity index (χ1n) is 31.5. The Bertz CT molecular complexity index is 4980. The van der Waals surface area contributed by atoms with Gasteiger partial charge in [0.05, 0.1) is 63.1 Å². The minimum absolute atomic E-state index is 0.0524. The van der Waals surface area contributed by atoms with Crippen molar-refractivity contribution in [3.8, 4) is 33.8 Å². The summed E-state index contributed by atoms with van der Waals surface area (Å²) in [6.45, 7) is 11.3. The summed E-state index contributed by atoms with van der Waals surface area (Å²) in [6.07, 6.45) is 2.78. The van der Waals surface area contributed by atoms with Gasteiger partial charge < -0.3 is 28.8 Å². The summed E-state index contributed by atoms with van der Waals surface area (Å²) in [4.78, 5) is 28.5. The molecule has 0 amide bonds. The van der Waals surface area contributed by atoms with Crippen LogP contribution in [0.25, 0.3) is 65.6 Å². The number of aromatic carboxylic acids is 2. The molecule has 2 aliphatic rings. The van der Waals surface area contributed by atoms with Crippen LogP contribution in [-0.2, 0) is 67.9 Å². The number of aromatic nitrogens is 10. The Balaban J connectivity index is 0.797. The summed E-state index contributed by atoms with van der Waals surface area (Å²) in [7, 11) is 3.62. The van der Waals surface area contributed by atoms with Crippen LogP contribution in [0.15, 0.2) is 113 Å². The molecule has 0 fully saturated rings. The fraction of sp³-hybridized carbons (Fsp3) is 0.306. The molecule has 0 saturated heterocycles. The van der Waals surface area contributed by atoms with Gasteiger partial charge in [-0.1, -0.05) is 71.7 Å². The summed E-state index contributed by atoms with van der Waals surface area (Å²) >= 11 is 21.3. The van der Waals surface area contributed by atoms with Gasteiger partial charge in [0.15, 0.2) is 0 Å². The van der Waals surface area contributed by atoms with Gasteiger partial charge in [-0.3, -0.25) is 19.6 Å². The number of carboxylic acids is 2. The second kappa shape index (κ2) is 26.5. The van der Waals surface area contributed by atoms with Crippen molar-refractivity contribution in [2.45, 2.75) is 123 Å². The standard InChI is InChI=1S/C72H70Cl2N10O6S4/c1-38(2)83-47-28-45(79-83)32-91-36-59-63(40(4)75-77-59)65-57(73)21-19-55-53(70(72(87)88)82(7)68(55)65)15-11-23-90-62-31-50(93-34-47)27-44-17-16-42(25-56(44)62)24-39(3)84-48-29-46(80-84)33-92-37-60-64(41(5)76-78-60)66-58(74)20-18-54-52(69(71(85)86)81(6)67(54)66)14-10-22-89-61-30-49(94-35-48)26-43-12-8-9-13-51(43)61/h8-9,12-13,16-21,25-31,38-39H,10-11,14-15,22-24,32-37H2,1-7H3,(H,75,77)(H,76,78)(H,85,86)(H,87,88). The lowest BCUT2D eigenvalue weighted by Gasteiger charge is -2.18. The molecule has 0 aliphatic carbocycles. The normalized spacial score (nSPS) is 14.8. The van der Waals surface area contributed by atoms with Crippen molar-refractivity contribution in [2.75, 3.05) is 13.2 Å². The first-order valence-corrected chi connectivity index (χ1v) is 36.6. The number of H-pyrrole nitrogens is 2.